The molecular formula is C48H56F3N7O5. The molecule has 3 N–H and O–H groups in total. The van der Waals surface area contributed by atoms with Gasteiger partial charge >= 0.3 is 12.3 Å². The Morgan fingerprint density at radius 1 is 0.873 bits per heavy atom. The van der Waals surface area contributed by atoms with Crippen LogP contribution in [0.2, 0.25) is 0 Å². The van der Waals surface area contributed by atoms with E-state index in [9.17, 15) is 27.9 Å². The second-order valence-corrected chi connectivity index (χ2v) is 18.0. The number of carbonyl (C=O) groups is 2. The molecule has 0 spiro atoms. The maximum absolute atomic E-state index is 14.3. The number of carbonyl (C=O) groups excluding carboxylic acids is 2. The van der Waals surface area contributed by atoms with Crippen molar-refractivity contribution in [3.63, 3.8) is 0 Å². The average Bonchev–Trinajstić information content (AvgIpc) is 3.94. The zero-order valence-electron chi connectivity index (χ0n) is 36.0. The van der Waals surface area contributed by atoms with Gasteiger partial charge < -0.3 is 30.1 Å². The number of hydrogen-bond donors (Lipinski definition) is 3. The number of alkyl carbamates (subject to hydrolysis) is 1. The summed E-state index contributed by atoms with van der Waals surface area (Å²) in [5.41, 5.74) is 2.69. The van der Waals surface area contributed by atoms with Crippen LogP contribution >= 0.6 is 0 Å². The van der Waals surface area contributed by atoms with E-state index in [1.807, 2.05) is 71.5 Å². The number of piperazine rings is 1. The zero-order chi connectivity index (χ0) is 44.3. The first-order chi connectivity index (χ1) is 30.2. The molecule has 2 aromatic carbocycles. The van der Waals surface area contributed by atoms with Gasteiger partial charge in [-0.1, -0.05) is 48.2 Å². The van der Waals surface area contributed by atoms with Gasteiger partial charge in [-0.25, -0.2) is 9.78 Å². The molecule has 63 heavy (non-hydrogen) atoms. The number of aliphatic hydroxyl groups excluding tert-OH is 1. The van der Waals surface area contributed by atoms with Crippen LogP contribution < -0.4 is 15.5 Å². The number of amides is 1. The minimum Gasteiger partial charge on any atom is -0.453 e. The number of Topliss-reactive ketones (excluding diaryl/α,β-unsaturated/α-hetero) is 1. The fraction of sp³-hybridized carbons (Fsp3) is 0.500. The van der Waals surface area contributed by atoms with Gasteiger partial charge in [-0.3, -0.25) is 14.4 Å². The summed E-state index contributed by atoms with van der Waals surface area (Å²) in [4.78, 5) is 35.8. The van der Waals surface area contributed by atoms with Gasteiger partial charge in [0.25, 0.3) is 0 Å². The number of fused-ring (bicyclic) bond motifs is 2. The topological polar surface area (TPSA) is 134 Å². The summed E-state index contributed by atoms with van der Waals surface area (Å²) in [6.07, 6.45) is 3.06. The van der Waals surface area contributed by atoms with E-state index in [4.69, 9.17) is 9.72 Å². The standard InChI is InChI=1S/C48H56F3N7O5/c1-47(2,48(49,50)51)45(55-46(61)62-3)42(59)21-36(43(60)25-52-22-33-10-13-35(14-11-33)37-24-54-57(26-37)38-15-16-38)20-32-7-4-31(5-8-32)6-9-34-12-19-44(53-23-34)56-27-39-17-18-40(28-56)58(39)41-29-63-30-41/h4-5,7-8,10-14,19,23-24,26,36,38-41,43,45,52,60H,15-18,20-22,25,27-30H2,1-3H3,(H,55,61)/t36-,39?,40?,43+,45-/m1/s1. The molecule has 3 saturated heterocycles. The lowest BCUT2D eigenvalue weighted by Crippen LogP contribution is -2.62. The lowest BCUT2D eigenvalue weighted by Gasteiger charge is -2.47. The quantitative estimate of drug-likeness (QED) is 0.110. The minimum absolute atomic E-state index is 0.0647. The van der Waals surface area contributed by atoms with E-state index in [0.717, 1.165) is 99.3 Å². The van der Waals surface area contributed by atoms with Crippen molar-refractivity contribution in [2.24, 2.45) is 11.3 Å². The van der Waals surface area contributed by atoms with Gasteiger partial charge in [-0.05, 0) is 92.8 Å². The molecule has 2 bridgehead atoms. The van der Waals surface area contributed by atoms with Crippen molar-refractivity contribution in [2.75, 3.05) is 44.9 Å². The molecule has 12 nitrogen and oxygen atoms in total. The first kappa shape index (κ1) is 44.3. The Morgan fingerprint density at radius 3 is 2.13 bits per heavy atom. The number of nitrogens with zero attached hydrogens (tertiary/aromatic N) is 5. The van der Waals surface area contributed by atoms with Crippen LogP contribution in [0.3, 0.4) is 0 Å². The van der Waals surface area contributed by atoms with Gasteiger partial charge in [0.2, 0.25) is 0 Å². The number of ketones is 1. The van der Waals surface area contributed by atoms with Crippen molar-refractivity contribution in [2.45, 2.75) is 101 Å². The van der Waals surface area contributed by atoms with Gasteiger partial charge in [-0.15, -0.1) is 0 Å². The van der Waals surface area contributed by atoms with Crippen LogP contribution in [0.25, 0.3) is 11.1 Å². The van der Waals surface area contributed by atoms with Crippen molar-refractivity contribution in [3.8, 4) is 23.0 Å². The molecule has 15 heteroatoms. The van der Waals surface area contributed by atoms with Crippen molar-refractivity contribution in [3.05, 3.63) is 102 Å². The highest BCUT2D eigenvalue weighted by molar-refractivity contribution is 5.88. The number of pyridine rings is 1. The monoisotopic (exact) mass is 867 g/mol. The molecule has 334 valence electrons. The average molecular weight is 868 g/mol. The van der Waals surface area contributed by atoms with Crippen molar-refractivity contribution in [1.29, 1.82) is 0 Å². The summed E-state index contributed by atoms with van der Waals surface area (Å²) in [5, 5.41) is 21.4. The second-order valence-electron chi connectivity index (χ2n) is 18.0. The smallest absolute Gasteiger partial charge is 0.407 e. The Balaban J connectivity index is 0.913. The van der Waals surface area contributed by atoms with Gasteiger partial charge in [0.1, 0.15) is 11.9 Å². The third-order valence-electron chi connectivity index (χ3n) is 13.2. The fourth-order valence-electron chi connectivity index (χ4n) is 9.03. The van der Waals surface area contributed by atoms with E-state index >= 15 is 0 Å². The fourth-order valence-corrected chi connectivity index (χ4v) is 9.03. The van der Waals surface area contributed by atoms with Crippen molar-refractivity contribution in [1.82, 2.24) is 30.3 Å². The lowest BCUT2D eigenvalue weighted by atomic mass is 9.77. The maximum Gasteiger partial charge on any atom is 0.407 e. The van der Waals surface area contributed by atoms with Crippen LogP contribution in [0.4, 0.5) is 23.8 Å². The van der Waals surface area contributed by atoms with E-state index in [2.05, 4.69) is 48.3 Å². The molecule has 2 unspecified atom stereocenters. The number of methoxy groups -OCH3 is 1. The normalized spacial score (nSPS) is 20.6. The summed E-state index contributed by atoms with van der Waals surface area (Å²) < 4.78 is 54.9. The SMILES string of the molecule is COC(=O)N[C@H](C(=O)C[C@@H](Cc1ccc(C#Cc2ccc(N3CC4CCC(C3)N4C3COC3)nc2)cc1)[C@@H](O)CNCc1ccc(-c2cnn(C3CC3)c2)cc1)C(C)(C)C(F)(F)F. The molecule has 4 aromatic rings. The molecule has 1 amide bonds. The Hall–Kier alpha value is -5.27. The number of benzene rings is 2. The number of hydrogen-bond acceptors (Lipinski definition) is 10. The van der Waals surface area contributed by atoms with Crippen LogP contribution in [-0.4, -0.2) is 113 Å². The molecule has 0 radical (unpaired) electrons. The molecule has 2 aromatic heterocycles. The van der Waals surface area contributed by atoms with Gasteiger partial charge in [0, 0.05) is 73.8 Å². The highest BCUT2D eigenvalue weighted by Crippen LogP contribution is 2.42. The number of anilines is 1. The Bertz CT molecular complexity index is 2250. The van der Waals surface area contributed by atoms with Crippen LogP contribution in [0.5, 0.6) is 0 Å². The van der Waals surface area contributed by atoms with E-state index in [1.54, 1.807) is 6.20 Å². The lowest BCUT2D eigenvalue weighted by molar-refractivity contribution is -0.220. The summed E-state index contributed by atoms with van der Waals surface area (Å²) in [6.45, 7) is 5.79. The summed E-state index contributed by atoms with van der Waals surface area (Å²) in [6, 6.07) is 19.5. The van der Waals surface area contributed by atoms with E-state index < -0.39 is 48.0 Å². The van der Waals surface area contributed by atoms with E-state index in [-0.39, 0.29) is 13.0 Å². The third-order valence-corrected chi connectivity index (χ3v) is 13.2. The minimum atomic E-state index is -4.83. The maximum atomic E-state index is 14.3. The number of alkyl halides is 3. The van der Waals surface area contributed by atoms with Crippen LogP contribution in [-0.2, 0) is 27.2 Å². The predicted octanol–water partition coefficient (Wildman–Crippen LogP) is 6.31. The number of rotatable bonds is 16. The number of ether oxygens (including phenoxy) is 2. The second kappa shape index (κ2) is 18.8. The zero-order valence-corrected chi connectivity index (χ0v) is 36.0. The number of aromatic nitrogens is 3. The first-order valence-electron chi connectivity index (χ1n) is 21.9. The van der Waals surface area contributed by atoms with Crippen molar-refractivity contribution < 1.29 is 37.3 Å². The van der Waals surface area contributed by atoms with Gasteiger partial charge in [0.15, 0.2) is 5.78 Å². The first-order valence-corrected chi connectivity index (χ1v) is 21.9. The Labute approximate surface area is 366 Å². The third kappa shape index (κ3) is 10.4. The summed E-state index contributed by atoms with van der Waals surface area (Å²) in [5.74, 6) is 5.66. The summed E-state index contributed by atoms with van der Waals surface area (Å²) >= 11 is 0. The van der Waals surface area contributed by atoms with Crippen molar-refractivity contribution >= 4 is 17.7 Å². The Kier molecular flexibility index (Phi) is 13.3. The molecule has 4 aliphatic rings. The molecule has 3 aliphatic heterocycles. The number of aliphatic hydroxyl groups is 1. The molecule has 1 saturated carbocycles. The van der Waals surface area contributed by atoms with Crippen LogP contribution in [0.1, 0.15) is 74.2 Å². The predicted molar refractivity (Wildman–Crippen MR) is 232 cm³/mol. The highest BCUT2D eigenvalue weighted by Gasteiger charge is 2.55. The molecule has 4 fully saturated rings. The van der Waals surface area contributed by atoms with E-state index in [1.165, 1.54) is 12.8 Å². The van der Waals surface area contributed by atoms with Gasteiger partial charge in [0.05, 0.1) is 50.1 Å². The van der Waals surface area contributed by atoms with Crippen LogP contribution in [0.15, 0.2) is 79.3 Å². The Morgan fingerprint density at radius 2 is 1.52 bits per heavy atom. The number of halogens is 3. The molecular weight excluding hydrogens is 812 g/mol. The summed E-state index contributed by atoms with van der Waals surface area (Å²) in [7, 11) is 1.02. The molecule has 5 heterocycles. The van der Waals surface area contributed by atoms with Gasteiger partial charge in [-0.2, -0.15) is 18.3 Å². The molecule has 1 aliphatic carbocycles. The van der Waals surface area contributed by atoms with Crippen LogP contribution in [0, 0.1) is 23.2 Å². The largest absolute Gasteiger partial charge is 0.453 e. The van der Waals surface area contributed by atoms with E-state index in [0.29, 0.717) is 30.7 Å². The number of nitrogens with one attached hydrogen (secondary N) is 2. The molecule has 5 atom stereocenters. The highest BCUT2D eigenvalue weighted by atomic mass is 19.4. The molecule has 8 rings (SSSR count).